The molecule has 0 aromatic heterocycles. The highest BCUT2D eigenvalue weighted by Crippen LogP contribution is 2.19. The summed E-state index contributed by atoms with van der Waals surface area (Å²) in [6.07, 6.45) is 0. The number of hydrogen-bond acceptors (Lipinski definition) is 1. The van der Waals surface area contributed by atoms with Crippen molar-refractivity contribution in [1.82, 2.24) is 4.90 Å². The fourth-order valence-corrected chi connectivity index (χ4v) is 1.55. The fourth-order valence-electron chi connectivity index (χ4n) is 1.55. The number of primary amides is 1. The average Bonchev–Trinajstić information content (AvgIpc) is 2.20. The van der Waals surface area contributed by atoms with Crippen molar-refractivity contribution in [3.05, 3.63) is 34.9 Å². The van der Waals surface area contributed by atoms with Crippen LogP contribution >= 0.6 is 0 Å². The molecular formula is C13H20N2O. The summed E-state index contributed by atoms with van der Waals surface area (Å²) >= 11 is 0. The molecule has 1 rings (SSSR count). The molecule has 0 saturated heterocycles. The third-order valence-electron chi connectivity index (χ3n) is 2.82. The van der Waals surface area contributed by atoms with Crippen LogP contribution in [-0.4, -0.2) is 18.0 Å². The van der Waals surface area contributed by atoms with Gasteiger partial charge in [-0.05, 0) is 29.5 Å². The summed E-state index contributed by atoms with van der Waals surface area (Å²) < 4.78 is 0. The van der Waals surface area contributed by atoms with E-state index in [0.29, 0.717) is 12.5 Å². The van der Waals surface area contributed by atoms with E-state index >= 15 is 0 Å². The Morgan fingerprint density at radius 2 is 2.06 bits per heavy atom. The Hall–Kier alpha value is -1.51. The minimum absolute atomic E-state index is 0.394. The molecule has 0 spiro atoms. The average molecular weight is 220 g/mol. The first kappa shape index (κ1) is 12.6. The van der Waals surface area contributed by atoms with Crippen molar-refractivity contribution in [1.29, 1.82) is 0 Å². The second-order valence-corrected chi connectivity index (χ2v) is 4.53. The summed E-state index contributed by atoms with van der Waals surface area (Å²) in [6.45, 7) is 6.94. The third kappa shape index (κ3) is 2.99. The number of carbonyl (C=O) groups excluding carboxylic acids is 1. The predicted molar refractivity (Wildman–Crippen MR) is 66.3 cm³/mol. The number of aryl methyl sites for hydroxylation is 1. The molecule has 0 bridgehead atoms. The molecule has 0 aliphatic carbocycles. The molecule has 0 atom stereocenters. The molecule has 88 valence electrons. The van der Waals surface area contributed by atoms with E-state index in [1.165, 1.54) is 16.0 Å². The van der Waals surface area contributed by atoms with Crippen LogP contribution in [0.1, 0.15) is 36.5 Å². The van der Waals surface area contributed by atoms with Crippen molar-refractivity contribution < 1.29 is 4.79 Å². The van der Waals surface area contributed by atoms with Crippen molar-refractivity contribution in [2.75, 3.05) is 7.05 Å². The van der Waals surface area contributed by atoms with E-state index in [4.69, 9.17) is 5.73 Å². The summed E-state index contributed by atoms with van der Waals surface area (Å²) in [5.74, 6) is 0.498. The zero-order valence-corrected chi connectivity index (χ0v) is 10.4. The lowest BCUT2D eigenvalue weighted by Gasteiger charge is -2.17. The van der Waals surface area contributed by atoms with Gasteiger partial charge in [-0.2, -0.15) is 0 Å². The maximum atomic E-state index is 11.0. The molecule has 3 nitrogen and oxygen atoms in total. The first-order valence-corrected chi connectivity index (χ1v) is 5.51. The van der Waals surface area contributed by atoms with Crippen LogP contribution in [0.2, 0.25) is 0 Å². The number of nitrogens with zero attached hydrogens (tertiary/aromatic N) is 1. The second-order valence-electron chi connectivity index (χ2n) is 4.53. The van der Waals surface area contributed by atoms with Gasteiger partial charge in [0.2, 0.25) is 0 Å². The van der Waals surface area contributed by atoms with Crippen molar-refractivity contribution in [3.63, 3.8) is 0 Å². The van der Waals surface area contributed by atoms with Crippen LogP contribution in [0, 0.1) is 6.92 Å². The zero-order chi connectivity index (χ0) is 12.3. The van der Waals surface area contributed by atoms with Gasteiger partial charge in [0, 0.05) is 13.6 Å². The van der Waals surface area contributed by atoms with Crippen LogP contribution < -0.4 is 5.73 Å². The van der Waals surface area contributed by atoms with Crippen LogP contribution in [0.15, 0.2) is 18.2 Å². The molecule has 0 aliphatic heterocycles. The molecule has 16 heavy (non-hydrogen) atoms. The van der Waals surface area contributed by atoms with Crippen LogP contribution in [0.5, 0.6) is 0 Å². The highest BCUT2D eigenvalue weighted by Gasteiger charge is 2.08. The summed E-state index contributed by atoms with van der Waals surface area (Å²) in [5, 5.41) is 0. The number of rotatable bonds is 3. The summed E-state index contributed by atoms with van der Waals surface area (Å²) in [7, 11) is 1.71. The van der Waals surface area contributed by atoms with Crippen molar-refractivity contribution >= 4 is 6.03 Å². The van der Waals surface area contributed by atoms with Crippen molar-refractivity contribution in [2.45, 2.75) is 33.2 Å². The zero-order valence-electron chi connectivity index (χ0n) is 10.4. The molecule has 0 radical (unpaired) electrons. The molecule has 2 amide bonds. The monoisotopic (exact) mass is 220 g/mol. The molecule has 0 fully saturated rings. The molecule has 0 heterocycles. The summed E-state index contributed by atoms with van der Waals surface area (Å²) in [4.78, 5) is 12.5. The Balaban J connectivity index is 2.94. The van der Waals surface area contributed by atoms with Gasteiger partial charge in [-0.15, -0.1) is 0 Å². The number of hydrogen-bond donors (Lipinski definition) is 1. The number of amides is 2. The van der Waals surface area contributed by atoms with E-state index in [2.05, 4.69) is 32.0 Å². The Bertz CT molecular complexity index is 386. The van der Waals surface area contributed by atoms with Gasteiger partial charge in [-0.3, -0.25) is 0 Å². The van der Waals surface area contributed by atoms with Crippen LogP contribution in [0.4, 0.5) is 4.79 Å². The first-order valence-electron chi connectivity index (χ1n) is 5.51. The van der Waals surface area contributed by atoms with Crippen LogP contribution in [-0.2, 0) is 6.54 Å². The number of nitrogens with two attached hydrogens (primary N) is 1. The highest BCUT2D eigenvalue weighted by molar-refractivity contribution is 5.71. The number of benzene rings is 1. The predicted octanol–water partition coefficient (Wildman–Crippen LogP) is 2.63. The van der Waals surface area contributed by atoms with Gasteiger partial charge in [0.15, 0.2) is 0 Å². The number of carbonyl (C=O) groups is 1. The second kappa shape index (κ2) is 5.01. The van der Waals surface area contributed by atoms with E-state index in [-0.39, 0.29) is 0 Å². The van der Waals surface area contributed by atoms with Gasteiger partial charge in [0.25, 0.3) is 0 Å². The van der Waals surface area contributed by atoms with Crippen molar-refractivity contribution in [2.24, 2.45) is 5.73 Å². The molecular weight excluding hydrogens is 200 g/mol. The minimum Gasteiger partial charge on any atom is -0.351 e. The number of urea groups is 1. The Labute approximate surface area is 97.2 Å². The molecule has 3 heteroatoms. The summed E-state index contributed by atoms with van der Waals surface area (Å²) in [6, 6.07) is 5.99. The quantitative estimate of drug-likeness (QED) is 0.836. The molecule has 0 aliphatic rings. The van der Waals surface area contributed by atoms with Gasteiger partial charge in [0.1, 0.15) is 0 Å². The molecule has 1 aromatic rings. The van der Waals surface area contributed by atoms with E-state index < -0.39 is 6.03 Å². The normalized spacial score (nSPS) is 10.6. The van der Waals surface area contributed by atoms with Gasteiger partial charge in [-0.1, -0.05) is 32.0 Å². The Morgan fingerprint density at radius 3 is 2.56 bits per heavy atom. The molecule has 0 unspecified atom stereocenters. The lowest BCUT2D eigenvalue weighted by Crippen LogP contribution is -2.31. The van der Waals surface area contributed by atoms with E-state index in [1.807, 2.05) is 6.92 Å². The van der Waals surface area contributed by atoms with E-state index in [9.17, 15) is 4.79 Å². The maximum Gasteiger partial charge on any atom is 0.314 e. The van der Waals surface area contributed by atoms with Crippen LogP contribution in [0.3, 0.4) is 0 Å². The molecule has 2 N–H and O–H groups in total. The smallest absolute Gasteiger partial charge is 0.314 e. The standard InChI is InChI=1S/C13H20N2O/c1-9(2)11-6-5-10(3)12(7-11)8-15(4)13(14)16/h5-7,9H,8H2,1-4H3,(H2,14,16). The Morgan fingerprint density at radius 1 is 1.44 bits per heavy atom. The fraction of sp³-hybridized carbons (Fsp3) is 0.462. The Kier molecular flexibility index (Phi) is 3.93. The van der Waals surface area contributed by atoms with Gasteiger partial charge in [0.05, 0.1) is 0 Å². The van der Waals surface area contributed by atoms with Gasteiger partial charge in [-0.25, -0.2) is 4.79 Å². The SMILES string of the molecule is Cc1ccc(C(C)C)cc1CN(C)C(N)=O. The molecule has 0 saturated carbocycles. The lowest BCUT2D eigenvalue weighted by atomic mass is 9.98. The van der Waals surface area contributed by atoms with Gasteiger partial charge < -0.3 is 10.6 Å². The van der Waals surface area contributed by atoms with E-state index in [0.717, 1.165) is 5.56 Å². The highest BCUT2D eigenvalue weighted by atomic mass is 16.2. The maximum absolute atomic E-state index is 11.0. The minimum atomic E-state index is -0.394. The van der Waals surface area contributed by atoms with Crippen LogP contribution in [0.25, 0.3) is 0 Å². The van der Waals surface area contributed by atoms with E-state index in [1.54, 1.807) is 7.05 Å². The first-order chi connectivity index (χ1) is 7.41. The molecule has 1 aromatic carbocycles. The largest absolute Gasteiger partial charge is 0.351 e. The topological polar surface area (TPSA) is 46.3 Å². The lowest BCUT2D eigenvalue weighted by molar-refractivity contribution is 0.216. The summed E-state index contributed by atoms with van der Waals surface area (Å²) in [5.41, 5.74) is 8.86. The van der Waals surface area contributed by atoms with Crippen molar-refractivity contribution in [3.8, 4) is 0 Å². The van der Waals surface area contributed by atoms with Gasteiger partial charge >= 0.3 is 6.03 Å². The third-order valence-corrected chi connectivity index (χ3v) is 2.82.